The predicted molar refractivity (Wildman–Crippen MR) is 228 cm³/mol. The summed E-state index contributed by atoms with van der Waals surface area (Å²) in [6.07, 6.45) is 48.6. The zero-order valence-electron chi connectivity index (χ0n) is 35.1. The van der Waals surface area contributed by atoms with E-state index in [1.54, 1.807) is 0 Å². The molecule has 52 heavy (non-hydrogen) atoms. The first-order chi connectivity index (χ1) is 25.7. The van der Waals surface area contributed by atoms with Crippen LogP contribution >= 0.6 is 0 Å². The van der Waals surface area contributed by atoms with Gasteiger partial charge in [0.05, 0.1) is 19.3 Å². The summed E-state index contributed by atoms with van der Waals surface area (Å²) < 4.78 is 11.9. The van der Waals surface area contributed by atoms with Crippen molar-refractivity contribution in [1.29, 1.82) is 0 Å². The van der Waals surface area contributed by atoms with E-state index in [0.29, 0.717) is 39.3 Å². The zero-order valence-corrected chi connectivity index (χ0v) is 35.1. The molecule has 308 valence electrons. The van der Waals surface area contributed by atoms with Crippen molar-refractivity contribution in [1.82, 2.24) is 4.90 Å². The van der Waals surface area contributed by atoms with E-state index in [9.17, 15) is 4.79 Å². The molecule has 0 aromatic carbocycles. The summed E-state index contributed by atoms with van der Waals surface area (Å²) in [4.78, 5) is 15.0. The Morgan fingerprint density at radius 2 is 0.827 bits per heavy atom. The summed E-state index contributed by atoms with van der Waals surface area (Å²) in [5, 5.41) is 0. The van der Waals surface area contributed by atoms with Crippen molar-refractivity contribution in [3.05, 3.63) is 24.3 Å². The lowest BCUT2D eigenvalue weighted by atomic mass is 10.1. The first-order valence-corrected chi connectivity index (χ1v) is 22.9. The average molecular weight is 734 g/mol. The third-order valence-corrected chi connectivity index (χ3v) is 10.2. The van der Waals surface area contributed by atoms with Crippen LogP contribution in [0, 0.1) is 0 Å². The highest BCUT2D eigenvalue weighted by molar-refractivity contribution is 5.81. The van der Waals surface area contributed by atoms with E-state index in [4.69, 9.17) is 20.9 Å². The van der Waals surface area contributed by atoms with E-state index in [0.717, 1.165) is 38.9 Å². The van der Waals surface area contributed by atoms with Crippen molar-refractivity contribution in [2.75, 3.05) is 46.1 Å². The molecule has 0 fully saturated rings. The van der Waals surface area contributed by atoms with Gasteiger partial charge < -0.3 is 25.8 Å². The minimum absolute atomic E-state index is 0.0127. The van der Waals surface area contributed by atoms with Crippen molar-refractivity contribution in [3.63, 3.8) is 0 Å². The van der Waals surface area contributed by atoms with Crippen LogP contribution in [0.2, 0.25) is 0 Å². The van der Waals surface area contributed by atoms with Crippen LogP contribution in [-0.4, -0.2) is 62.9 Å². The van der Waals surface area contributed by atoms with Crippen LogP contribution in [0.5, 0.6) is 0 Å². The Labute approximate surface area is 325 Å². The first kappa shape index (κ1) is 50.8. The van der Waals surface area contributed by atoms with Gasteiger partial charge in [0.25, 0.3) is 0 Å². The molecule has 1 atom stereocenters. The van der Waals surface area contributed by atoms with Crippen LogP contribution in [0.25, 0.3) is 0 Å². The summed E-state index contributed by atoms with van der Waals surface area (Å²) in [5.74, 6) is 0.0127. The number of hydrogen-bond donors (Lipinski definition) is 2. The Bertz CT molecular complexity index is 711. The fourth-order valence-corrected chi connectivity index (χ4v) is 6.66. The van der Waals surface area contributed by atoms with Crippen LogP contribution in [0.15, 0.2) is 24.3 Å². The molecule has 6 heteroatoms. The normalized spacial score (nSPS) is 12.5. The Morgan fingerprint density at radius 1 is 0.481 bits per heavy atom. The van der Waals surface area contributed by atoms with E-state index in [1.807, 2.05) is 4.90 Å². The molecule has 0 aromatic rings. The summed E-state index contributed by atoms with van der Waals surface area (Å²) in [6.45, 7) is 8.99. The number of amides is 1. The van der Waals surface area contributed by atoms with Gasteiger partial charge >= 0.3 is 0 Å². The molecule has 0 heterocycles. The summed E-state index contributed by atoms with van der Waals surface area (Å²) in [5.41, 5.74) is 11.9. The highest BCUT2D eigenvalue weighted by atomic mass is 16.5. The zero-order chi connectivity index (χ0) is 37.8. The summed E-state index contributed by atoms with van der Waals surface area (Å²) in [7, 11) is 0. The van der Waals surface area contributed by atoms with Crippen LogP contribution in [0.4, 0.5) is 0 Å². The van der Waals surface area contributed by atoms with Gasteiger partial charge in [-0.3, -0.25) is 4.79 Å². The topological polar surface area (TPSA) is 90.8 Å². The minimum atomic E-state index is -0.474. The number of unbranched alkanes of at least 4 members (excludes halogenated alkanes) is 25. The Hall–Kier alpha value is -1.21. The molecular weight excluding hydrogens is 643 g/mol. The van der Waals surface area contributed by atoms with Crippen molar-refractivity contribution in [2.24, 2.45) is 11.5 Å². The van der Waals surface area contributed by atoms with Gasteiger partial charge in [0.15, 0.2) is 0 Å². The van der Waals surface area contributed by atoms with E-state index in [2.05, 4.69) is 38.2 Å². The highest BCUT2D eigenvalue weighted by Crippen LogP contribution is 2.12. The average Bonchev–Trinajstić information content (AvgIpc) is 3.15. The number of allylic oxidation sites excluding steroid dienone is 4. The molecule has 0 saturated carbocycles. The SMILES string of the molecule is CCCCCCCCC=CCCCCCCCCOCCN(CCOCCCCCCCCC=CCCCCCCCC)C(=O)[C@@H](N)CCCCN. The molecule has 0 rings (SSSR count). The van der Waals surface area contributed by atoms with E-state index >= 15 is 0 Å². The molecule has 0 saturated heterocycles. The second-order valence-corrected chi connectivity index (χ2v) is 15.3. The molecule has 6 nitrogen and oxygen atoms in total. The fraction of sp³-hybridized carbons (Fsp3) is 0.891. The predicted octanol–water partition coefficient (Wildman–Crippen LogP) is 12.4. The number of ether oxygens (including phenoxy) is 2. The monoisotopic (exact) mass is 734 g/mol. The van der Waals surface area contributed by atoms with Gasteiger partial charge in [0, 0.05) is 26.3 Å². The van der Waals surface area contributed by atoms with Crippen molar-refractivity contribution in [3.8, 4) is 0 Å². The lowest BCUT2D eigenvalue weighted by Gasteiger charge is -2.26. The molecule has 0 unspecified atom stereocenters. The molecule has 4 N–H and O–H groups in total. The third kappa shape index (κ3) is 38.5. The number of nitrogens with two attached hydrogens (primary N) is 2. The van der Waals surface area contributed by atoms with Gasteiger partial charge in [0.1, 0.15) is 0 Å². The second-order valence-electron chi connectivity index (χ2n) is 15.3. The number of rotatable bonds is 43. The maximum atomic E-state index is 13.1. The second kappa shape index (κ2) is 44.2. The highest BCUT2D eigenvalue weighted by Gasteiger charge is 2.20. The van der Waals surface area contributed by atoms with Crippen LogP contribution in [0.1, 0.15) is 213 Å². The first-order valence-electron chi connectivity index (χ1n) is 22.9. The number of nitrogens with zero attached hydrogens (tertiary/aromatic N) is 1. The summed E-state index contributed by atoms with van der Waals surface area (Å²) >= 11 is 0. The maximum absolute atomic E-state index is 13.1. The number of hydrogen-bond acceptors (Lipinski definition) is 5. The van der Waals surface area contributed by atoms with Gasteiger partial charge in [-0.15, -0.1) is 0 Å². The van der Waals surface area contributed by atoms with Crippen molar-refractivity contribution >= 4 is 5.91 Å². The van der Waals surface area contributed by atoms with E-state index < -0.39 is 6.04 Å². The number of carbonyl (C=O) groups is 1. The smallest absolute Gasteiger partial charge is 0.239 e. The van der Waals surface area contributed by atoms with Crippen LogP contribution < -0.4 is 11.5 Å². The van der Waals surface area contributed by atoms with Crippen molar-refractivity contribution in [2.45, 2.75) is 219 Å². The van der Waals surface area contributed by atoms with E-state index in [-0.39, 0.29) is 5.91 Å². The fourth-order valence-electron chi connectivity index (χ4n) is 6.66. The molecule has 0 aliphatic heterocycles. The Balaban J connectivity index is 3.92. The third-order valence-electron chi connectivity index (χ3n) is 10.2. The van der Waals surface area contributed by atoms with Crippen LogP contribution in [0.3, 0.4) is 0 Å². The van der Waals surface area contributed by atoms with Crippen LogP contribution in [-0.2, 0) is 14.3 Å². The quantitative estimate of drug-likeness (QED) is 0.0481. The minimum Gasteiger partial charge on any atom is -0.380 e. The standard InChI is InChI=1S/C46H91N3O3/c1-3-5-7-9-11-13-15-17-19-21-23-25-27-29-31-35-41-51-43-39-49(46(50)45(48)37-33-34-38-47)40-44-52-42-36-32-30-28-26-24-22-20-18-16-14-12-10-8-6-4-2/h17-20,45H,3-16,21-44,47-48H2,1-2H3/t45-/m0/s1. The molecule has 1 amide bonds. The molecule has 0 radical (unpaired) electrons. The number of carbonyl (C=O) groups excluding carboxylic acids is 1. The molecule has 0 bridgehead atoms. The molecule has 0 aromatic heterocycles. The van der Waals surface area contributed by atoms with Gasteiger partial charge in [-0.2, -0.15) is 0 Å². The van der Waals surface area contributed by atoms with Gasteiger partial charge in [0.2, 0.25) is 5.91 Å². The van der Waals surface area contributed by atoms with E-state index in [1.165, 1.54) is 167 Å². The molecule has 0 spiro atoms. The molecular formula is C46H91N3O3. The largest absolute Gasteiger partial charge is 0.380 e. The Kier molecular flexibility index (Phi) is 43.2. The molecule has 0 aliphatic rings. The Morgan fingerprint density at radius 3 is 1.19 bits per heavy atom. The van der Waals surface area contributed by atoms with Gasteiger partial charge in [-0.1, -0.05) is 160 Å². The molecule has 0 aliphatic carbocycles. The maximum Gasteiger partial charge on any atom is 0.239 e. The van der Waals surface area contributed by atoms with Gasteiger partial charge in [-0.05, 0) is 83.6 Å². The van der Waals surface area contributed by atoms with Crippen molar-refractivity contribution < 1.29 is 14.3 Å². The lowest BCUT2D eigenvalue weighted by molar-refractivity contribution is -0.134. The summed E-state index contributed by atoms with van der Waals surface area (Å²) in [6, 6.07) is -0.474. The lowest BCUT2D eigenvalue weighted by Crippen LogP contribution is -2.46. The van der Waals surface area contributed by atoms with Gasteiger partial charge in [-0.25, -0.2) is 0 Å².